The Morgan fingerprint density at radius 3 is 3.11 bits per heavy atom. The fourth-order valence-electron chi connectivity index (χ4n) is 2.69. The van der Waals surface area contributed by atoms with Crippen LogP contribution in [-0.4, -0.2) is 16.8 Å². The fourth-order valence-corrected chi connectivity index (χ4v) is 3.07. The minimum Gasteiger partial charge on any atom is -0.313 e. The summed E-state index contributed by atoms with van der Waals surface area (Å²) in [5, 5.41) is 7.94. The molecule has 4 heteroatoms. The first-order valence-electron chi connectivity index (χ1n) is 6.29. The first kappa shape index (κ1) is 11.9. The second kappa shape index (κ2) is 4.86. The Morgan fingerprint density at radius 1 is 1.44 bits per heavy atom. The van der Waals surface area contributed by atoms with Gasteiger partial charge < -0.3 is 5.32 Å². The summed E-state index contributed by atoms with van der Waals surface area (Å²) in [4.78, 5) is 0. The third kappa shape index (κ3) is 1.99. The average Bonchev–Trinajstić information content (AvgIpc) is 2.82. The van der Waals surface area contributed by atoms with E-state index < -0.39 is 0 Å². The topological polar surface area (TPSA) is 29.9 Å². The molecule has 0 saturated carbocycles. The molecule has 2 aromatic rings. The van der Waals surface area contributed by atoms with Crippen LogP contribution in [0.4, 0.5) is 0 Å². The molecule has 1 aromatic heterocycles. The summed E-state index contributed by atoms with van der Waals surface area (Å²) in [6.07, 6.45) is 5.54. The van der Waals surface area contributed by atoms with E-state index in [4.69, 9.17) is 0 Å². The molecule has 1 aliphatic carbocycles. The van der Waals surface area contributed by atoms with Crippen molar-refractivity contribution >= 4 is 15.9 Å². The van der Waals surface area contributed by atoms with Crippen molar-refractivity contribution in [3.63, 3.8) is 0 Å². The largest absolute Gasteiger partial charge is 0.313 e. The third-order valence-electron chi connectivity index (χ3n) is 3.58. The van der Waals surface area contributed by atoms with Crippen molar-refractivity contribution in [2.75, 3.05) is 7.05 Å². The lowest BCUT2D eigenvalue weighted by atomic mass is 9.93. The second-order valence-electron chi connectivity index (χ2n) is 4.67. The van der Waals surface area contributed by atoms with Gasteiger partial charge in [0.05, 0.1) is 11.9 Å². The maximum Gasteiger partial charge on any atom is 0.0660 e. The maximum atomic E-state index is 4.56. The molecule has 0 fully saturated rings. The molecule has 1 heterocycles. The lowest BCUT2D eigenvalue weighted by Gasteiger charge is -2.22. The molecule has 3 nitrogen and oxygen atoms in total. The van der Waals surface area contributed by atoms with Crippen LogP contribution < -0.4 is 5.32 Å². The molecule has 94 valence electrons. The van der Waals surface area contributed by atoms with Gasteiger partial charge in [0.1, 0.15) is 0 Å². The van der Waals surface area contributed by atoms with E-state index in [0.29, 0.717) is 6.04 Å². The van der Waals surface area contributed by atoms with Crippen LogP contribution in [0.1, 0.15) is 30.1 Å². The number of nitrogens with one attached hydrogen (secondary N) is 1. The number of aromatic nitrogens is 2. The number of halogens is 1. The van der Waals surface area contributed by atoms with Crippen molar-refractivity contribution in [2.45, 2.75) is 25.3 Å². The molecule has 1 atom stereocenters. The Bertz CT molecular complexity index is 562. The Balaban J connectivity index is 2.07. The fraction of sp³-hybridized carbons (Fsp3) is 0.357. The molecule has 0 aliphatic heterocycles. The minimum absolute atomic E-state index is 0.453. The van der Waals surface area contributed by atoms with Gasteiger partial charge in [0.25, 0.3) is 0 Å². The summed E-state index contributed by atoms with van der Waals surface area (Å²) >= 11 is 3.52. The molecule has 0 bridgehead atoms. The molecule has 0 spiro atoms. The zero-order valence-corrected chi connectivity index (χ0v) is 11.9. The predicted octanol–water partition coefficient (Wildman–Crippen LogP) is 3.23. The molecule has 1 aliphatic rings. The number of hydrogen-bond donors (Lipinski definition) is 1. The highest BCUT2D eigenvalue weighted by atomic mass is 79.9. The molecule has 0 amide bonds. The van der Waals surface area contributed by atoms with Gasteiger partial charge in [-0.15, -0.1) is 0 Å². The minimum atomic E-state index is 0.453. The van der Waals surface area contributed by atoms with E-state index >= 15 is 0 Å². The third-order valence-corrected chi connectivity index (χ3v) is 4.08. The van der Waals surface area contributed by atoms with Crippen LogP contribution in [0, 0.1) is 0 Å². The Labute approximate surface area is 115 Å². The molecule has 0 saturated heterocycles. The Hall–Kier alpha value is -1.13. The molecule has 3 rings (SSSR count). The van der Waals surface area contributed by atoms with E-state index in [0.717, 1.165) is 16.6 Å². The first-order chi connectivity index (χ1) is 8.79. The van der Waals surface area contributed by atoms with Crippen molar-refractivity contribution < 1.29 is 0 Å². The average molecular weight is 306 g/mol. The van der Waals surface area contributed by atoms with Crippen LogP contribution in [0.2, 0.25) is 0 Å². The first-order valence-corrected chi connectivity index (χ1v) is 7.09. The highest BCUT2D eigenvalue weighted by molar-refractivity contribution is 9.10. The van der Waals surface area contributed by atoms with Crippen LogP contribution in [0.25, 0.3) is 5.69 Å². The van der Waals surface area contributed by atoms with Gasteiger partial charge in [-0.2, -0.15) is 5.10 Å². The molecule has 1 aromatic carbocycles. The van der Waals surface area contributed by atoms with Gasteiger partial charge in [0, 0.05) is 21.8 Å². The van der Waals surface area contributed by atoms with Crippen molar-refractivity contribution in [3.8, 4) is 5.69 Å². The van der Waals surface area contributed by atoms with Crippen molar-refractivity contribution in [1.29, 1.82) is 0 Å². The summed E-state index contributed by atoms with van der Waals surface area (Å²) in [6.45, 7) is 0. The van der Waals surface area contributed by atoms with Crippen molar-refractivity contribution in [2.24, 2.45) is 0 Å². The molecule has 0 radical (unpaired) electrons. The number of nitrogens with zero attached hydrogens (tertiary/aromatic N) is 2. The van der Waals surface area contributed by atoms with Gasteiger partial charge in [-0.05, 0) is 44.5 Å². The molecular formula is C14H16BrN3. The van der Waals surface area contributed by atoms with Crippen molar-refractivity contribution in [1.82, 2.24) is 15.1 Å². The lowest BCUT2D eigenvalue weighted by Crippen LogP contribution is -2.21. The van der Waals surface area contributed by atoms with Gasteiger partial charge in [-0.3, -0.25) is 0 Å². The summed E-state index contributed by atoms with van der Waals surface area (Å²) < 4.78 is 3.16. The Kier molecular flexibility index (Phi) is 3.22. The van der Waals surface area contributed by atoms with E-state index in [2.05, 4.69) is 43.2 Å². The van der Waals surface area contributed by atoms with Gasteiger partial charge in [0.15, 0.2) is 0 Å². The zero-order valence-electron chi connectivity index (χ0n) is 10.4. The van der Waals surface area contributed by atoms with E-state index in [1.165, 1.54) is 24.1 Å². The predicted molar refractivity (Wildman–Crippen MR) is 76.0 cm³/mol. The van der Waals surface area contributed by atoms with Gasteiger partial charge in [0.2, 0.25) is 0 Å². The summed E-state index contributed by atoms with van der Waals surface area (Å²) in [5.41, 5.74) is 3.82. The van der Waals surface area contributed by atoms with Gasteiger partial charge >= 0.3 is 0 Å². The zero-order chi connectivity index (χ0) is 12.5. The maximum absolute atomic E-state index is 4.56. The number of benzene rings is 1. The monoisotopic (exact) mass is 305 g/mol. The molecule has 1 unspecified atom stereocenters. The Morgan fingerprint density at radius 2 is 2.33 bits per heavy atom. The van der Waals surface area contributed by atoms with Gasteiger partial charge in [-0.1, -0.05) is 22.0 Å². The smallest absolute Gasteiger partial charge is 0.0660 e. The lowest BCUT2D eigenvalue weighted by molar-refractivity contribution is 0.490. The normalized spacial score (nSPS) is 18.7. The molecular weight excluding hydrogens is 290 g/mol. The van der Waals surface area contributed by atoms with E-state index in [-0.39, 0.29) is 0 Å². The SMILES string of the molecule is CNC1CCCc2c1cnn2-c1cccc(Br)c1. The second-order valence-corrected chi connectivity index (χ2v) is 5.59. The van der Waals surface area contributed by atoms with Crippen LogP contribution in [-0.2, 0) is 6.42 Å². The van der Waals surface area contributed by atoms with Crippen molar-refractivity contribution in [3.05, 3.63) is 46.2 Å². The summed E-state index contributed by atoms with van der Waals surface area (Å²) in [5.74, 6) is 0. The highest BCUT2D eigenvalue weighted by Gasteiger charge is 2.23. The van der Waals surface area contributed by atoms with Crippen LogP contribution >= 0.6 is 15.9 Å². The number of rotatable bonds is 2. The summed E-state index contributed by atoms with van der Waals surface area (Å²) in [6, 6.07) is 8.74. The van der Waals surface area contributed by atoms with Gasteiger partial charge in [-0.25, -0.2) is 4.68 Å². The standard InChI is InChI=1S/C14H16BrN3/c1-16-13-6-3-7-14-12(13)9-17-18(14)11-5-2-4-10(15)8-11/h2,4-5,8-9,13,16H,3,6-7H2,1H3. The number of fused-ring (bicyclic) bond motifs is 1. The van der Waals surface area contributed by atoms with E-state index in [9.17, 15) is 0 Å². The quantitative estimate of drug-likeness (QED) is 0.923. The highest BCUT2D eigenvalue weighted by Crippen LogP contribution is 2.31. The van der Waals surface area contributed by atoms with Crippen LogP contribution in [0.3, 0.4) is 0 Å². The van der Waals surface area contributed by atoms with E-state index in [1.807, 2.05) is 25.4 Å². The van der Waals surface area contributed by atoms with E-state index in [1.54, 1.807) is 0 Å². The van der Waals surface area contributed by atoms with Crippen LogP contribution in [0.5, 0.6) is 0 Å². The number of hydrogen-bond acceptors (Lipinski definition) is 2. The summed E-state index contributed by atoms with van der Waals surface area (Å²) in [7, 11) is 2.02. The molecule has 1 N–H and O–H groups in total. The van der Waals surface area contributed by atoms with Crippen LogP contribution in [0.15, 0.2) is 34.9 Å². The molecule has 18 heavy (non-hydrogen) atoms.